The lowest BCUT2D eigenvalue weighted by atomic mass is 10.0. The summed E-state index contributed by atoms with van der Waals surface area (Å²) in [5.41, 5.74) is 1.64. The Hall–Kier alpha value is -1.64. The van der Waals surface area contributed by atoms with Gasteiger partial charge in [0.2, 0.25) is 0 Å². The van der Waals surface area contributed by atoms with Crippen LogP contribution in [0.2, 0.25) is 0 Å². The lowest BCUT2D eigenvalue weighted by Gasteiger charge is -2.05. The zero-order chi connectivity index (χ0) is 12.0. The summed E-state index contributed by atoms with van der Waals surface area (Å²) in [4.78, 5) is 10.4. The molecule has 1 rings (SSSR count). The number of aliphatic carboxylic acids is 1. The molecule has 3 heteroatoms. The van der Waals surface area contributed by atoms with Crippen LogP contribution < -0.4 is 0 Å². The maximum Gasteiger partial charge on any atom is 0.328 e. The molecule has 0 atom stereocenters. The van der Waals surface area contributed by atoms with E-state index in [0.29, 0.717) is 0 Å². The second-order valence-corrected chi connectivity index (χ2v) is 3.62. The molecular formula is C13H15FO2. The number of carbonyl (C=O) groups is 1. The van der Waals surface area contributed by atoms with Crippen LogP contribution >= 0.6 is 0 Å². The van der Waals surface area contributed by atoms with E-state index in [1.165, 1.54) is 18.2 Å². The van der Waals surface area contributed by atoms with Crippen molar-refractivity contribution in [3.05, 3.63) is 41.2 Å². The standard InChI is InChI=1S/C13H15FO2/c1-2-3-4-11-9-12(14)7-5-10(11)6-8-13(15)16/h5-9H,2-4H2,1H3,(H,15,16)/b8-6+. The van der Waals surface area contributed by atoms with Gasteiger partial charge in [0.15, 0.2) is 0 Å². The first kappa shape index (κ1) is 12.4. The number of halogens is 1. The van der Waals surface area contributed by atoms with Crippen molar-refractivity contribution in [1.82, 2.24) is 0 Å². The van der Waals surface area contributed by atoms with Crippen molar-refractivity contribution >= 4 is 12.0 Å². The maximum absolute atomic E-state index is 13.0. The van der Waals surface area contributed by atoms with Crippen LogP contribution in [0.15, 0.2) is 24.3 Å². The Morgan fingerprint density at radius 3 is 2.88 bits per heavy atom. The minimum absolute atomic E-state index is 0.279. The fourth-order valence-corrected chi connectivity index (χ4v) is 1.48. The lowest BCUT2D eigenvalue weighted by molar-refractivity contribution is -0.131. The predicted molar refractivity (Wildman–Crippen MR) is 61.7 cm³/mol. The molecule has 16 heavy (non-hydrogen) atoms. The number of aryl methyl sites for hydroxylation is 1. The van der Waals surface area contributed by atoms with E-state index in [9.17, 15) is 9.18 Å². The first-order valence-electron chi connectivity index (χ1n) is 5.33. The van der Waals surface area contributed by atoms with Gasteiger partial charge in [0.25, 0.3) is 0 Å². The quantitative estimate of drug-likeness (QED) is 0.776. The van der Waals surface area contributed by atoms with E-state index >= 15 is 0 Å². The molecule has 0 aromatic heterocycles. The van der Waals surface area contributed by atoms with Gasteiger partial charge in [-0.3, -0.25) is 0 Å². The van der Waals surface area contributed by atoms with Crippen molar-refractivity contribution in [1.29, 1.82) is 0 Å². The average Bonchev–Trinajstić information content (AvgIpc) is 2.24. The van der Waals surface area contributed by atoms with Gasteiger partial charge in [-0.15, -0.1) is 0 Å². The summed E-state index contributed by atoms with van der Waals surface area (Å²) in [6, 6.07) is 4.42. The number of unbranched alkanes of at least 4 members (excludes halogenated alkanes) is 1. The van der Waals surface area contributed by atoms with Gasteiger partial charge < -0.3 is 5.11 Å². The number of benzene rings is 1. The minimum Gasteiger partial charge on any atom is -0.478 e. The highest BCUT2D eigenvalue weighted by atomic mass is 19.1. The fraction of sp³-hybridized carbons (Fsp3) is 0.308. The molecule has 0 aliphatic heterocycles. The van der Waals surface area contributed by atoms with Crippen LogP contribution in [-0.4, -0.2) is 11.1 Å². The van der Waals surface area contributed by atoms with Crippen LogP contribution in [0.1, 0.15) is 30.9 Å². The predicted octanol–water partition coefficient (Wildman–Crippen LogP) is 3.27. The van der Waals surface area contributed by atoms with Gasteiger partial charge in [-0.1, -0.05) is 19.4 Å². The first-order chi connectivity index (χ1) is 7.63. The SMILES string of the molecule is CCCCc1cc(F)ccc1/C=C/C(=O)O. The summed E-state index contributed by atoms with van der Waals surface area (Å²) in [7, 11) is 0. The maximum atomic E-state index is 13.0. The third-order valence-corrected chi connectivity index (χ3v) is 2.31. The molecule has 0 spiro atoms. The summed E-state index contributed by atoms with van der Waals surface area (Å²) in [6.07, 6.45) is 5.35. The van der Waals surface area contributed by atoms with E-state index in [0.717, 1.165) is 36.5 Å². The van der Waals surface area contributed by atoms with Crippen molar-refractivity contribution in [3.8, 4) is 0 Å². The fourth-order valence-electron chi connectivity index (χ4n) is 1.48. The molecule has 0 aliphatic carbocycles. The lowest BCUT2D eigenvalue weighted by Crippen LogP contribution is -1.92. The Kier molecular flexibility index (Phi) is 4.70. The summed E-state index contributed by atoms with van der Waals surface area (Å²) >= 11 is 0. The Bertz CT molecular complexity index is 397. The molecule has 1 aromatic rings. The highest BCUT2D eigenvalue weighted by Crippen LogP contribution is 2.15. The van der Waals surface area contributed by atoms with Gasteiger partial charge in [0, 0.05) is 6.08 Å². The Morgan fingerprint density at radius 1 is 1.50 bits per heavy atom. The summed E-state index contributed by atoms with van der Waals surface area (Å²) in [5, 5.41) is 8.54. The summed E-state index contributed by atoms with van der Waals surface area (Å²) in [5.74, 6) is -1.27. The number of carboxylic acids is 1. The highest BCUT2D eigenvalue weighted by Gasteiger charge is 2.02. The average molecular weight is 222 g/mol. The first-order valence-corrected chi connectivity index (χ1v) is 5.33. The van der Waals surface area contributed by atoms with E-state index in [1.807, 2.05) is 0 Å². The summed E-state index contributed by atoms with van der Waals surface area (Å²) < 4.78 is 13.0. The molecule has 1 aromatic carbocycles. The molecule has 0 amide bonds. The van der Waals surface area contributed by atoms with E-state index in [-0.39, 0.29) is 5.82 Å². The van der Waals surface area contributed by atoms with Crippen LogP contribution in [0, 0.1) is 5.82 Å². The van der Waals surface area contributed by atoms with Gasteiger partial charge in [-0.25, -0.2) is 9.18 Å². The van der Waals surface area contributed by atoms with Gasteiger partial charge in [-0.05, 0) is 42.2 Å². The second-order valence-electron chi connectivity index (χ2n) is 3.62. The van der Waals surface area contributed by atoms with Crippen molar-refractivity contribution < 1.29 is 14.3 Å². The Labute approximate surface area is 94.4 Å². The smallest absolute Gasteiger partial charge is 0.328 e. The molecule has 0 saturated heterocycles. The topological polar surface area (TPSA) is 37.3 Å². The minimum atomic E-state index is -0.995. The molecule has 0 heterocycles. The van der Waals surface area contributed by atoms with Crippen molar-refractivity contribution in [2.75, 3.05) is 0 Å². The zero-order valence-electron chi connectivity index (χ0n) is 9.24. The van der Waals surface area contributed by atoms with Crippen molar-refractivity contribution in [2.24, 2.45) is 0 Å². The normalized spacial score (nSPS) is 10.9. The van der Waals surface area contributed by atoms with E-state index in [1.54, 1.807) is 6.07 Å². The molecule has 0 saturated carbocycles. The Balaban J connectivity index is 2.92. The largest absolute Gasteiger partial charge is 0.478 e. The molecule has 0 unspecified atom stereocenters. The van der Waals surface area contributed by atoms with E-state index < -0.39 is 5.97 Å². The second kappa shape index (κ2) is 6.05. The van der Waals surface area contributed by atoms with Crippen LogP contribution in [-0.2, 0) is 11.2 Å². The third kappa shape index (κ3) is 3.85. The van der Waals surface area contributed by atoms with Crippen LogP contribution in [0.5, 0.6) is 0 Å². The third-order valence-electron chi connectivity index (χ3n) is 2.31. The van der Waals surface area contributed by atoms with Gasteiger partial charge in [0.1, 0.15) is 5.82 Å². The molecule has 0 bridgehead atoms. The molecule has 0 radical (unpaired) electrons. The Morgan fingerprint density at radius 2 is 2.25 bits per heavy atom. The van der Waals surface area contributed by atoms with Gasteiger partial charge in [-0.2, -0.15) is 0 Å². The molecular weight excluding hydrogens is 207 g/mol. The van der Waals surface area contributed by atoms with Crippen LogP contribution in [0.25, 0.3) is 6.08 Å². The summed E-state index contributed by atoms with van der Waals surface area (Å²) in [6.45, 7) is 2.06. The van der Waals surface area contributed by atoms with Gasteiger partial charge >= 0.3 is 5.97 Å². The van der Waals surface area contributed by atoms with Crippen LogP contribution in [0.4, 0.5) is 4.39 Å². The monoisotopic (exact) mass is 222 g/mol. The van der Waals surface area contributed by atoms with E-state index in [4.69, 9.17) is 5.11 Å². The van der Waals surface area contributed by atoms with Crippen LogP contribution in [0.3, 0.4) is 0 Å². The van der Waals surface area contributed by atoms with E-state index in [2.05, 4.69) is 6.92 Å². The zero-order valence-corrected chi connectivity index (χ0v) is 9.24. The highest BCUT2D eigenvalue weighted by molar-refractivity contribution is 5.85. The van der Waals surface area contributed by atoms with Crippen molar-refractivity contribution in [3.63, 3.8) is 0 Å². The van der Waals surface area contributed by atoms with Gasteiger partial charge in [0.05, 0.1) is 0 Å². The molecule has 0 fully saturated rings. The van der Waals surface area contributed by atoms with Crippen molar-refractivity contribution in [2.45, 2.75) is 26.2 Å². The number of hydrogen-bond acceptors (Lipinski definition) is 1. The molecule has 1 N–H and O–H groups in total. The number of hydrogen-bond donors (Lipinski definition) is 1. The molecule has 86 valence electrons. The molecule has 0 aliphatic rings. The number of carboxylic acid groups (broad SMARTS) is 1. The number of rotatable bonds is 5. The molecule has 2 nitrogen and oxygen atoms in total.